The van der Waals surface area contributed by atoms with Crippen LogP contribution in [0.15, 0.2) is 66.7 Å². The molecule has 3 aromatic carbocycles. The molecule has 0 radical (unpaired) electrons. The number of nitrogens with one attached hydrogen (secondary N) is 2. The Hall–Kier alpha value is -4.57. The molecule has 0 saturated heterocycles. The number of rotatable bonds is 13. The number of primary amides is 1. The number of hydrogen-bond donors (Lipinski definition) is 6. The number of nitrogens with two attached hydrogens (primary N) is 3. The number of carbonyl (C=O) groups excluding carboxylic acids is 3. The highest BCUT2D eigenvalue weighted by Gasteiger charge is 2.16. The molecule has 0 aliphatic heterocycles. The Labute approximate surface area is 221 Å². The van der Waals surface area contributed by atoms with Crippen LogP contribution < -0.4 is 32.6 Å². The van der Waals surface area contributed by atoms with Crippen molar-refractivity contribution in [2.75, 3.05) is 25.4 Å². The quantitative estimate of drug-likeness (QED) is 0.147. The molecule has 0 spiro atoms. The van der Waals surface area contributed by atoms with Gasteiger partial charge in [0, 0.05) is 12.2 Å². The van der Waals surface area contributed by atoms with Crippen LogP contribution in [-0.4, -0.2) is 48.6 Å². The van der Waals surface area contributed by atoms with Gasteiger partial charge in [0.05, 0.1) is 24.8 Å². The van der Waals surface area contributed by atoms with E-state index in [2.05, 4.69) is 10.6 Å². The van der Waals surface area contributed by atoms with Crippen LogP contribution >= 0.6 is 0 Å². The number of phenols is 1. The normalized spacial score (nSPS) is 11.4. The average Bonchev–Trinajstić information content (AvgIpc) is 2.90. The molecule has 0 aliphatic rings. The number of hydrogen-bond acceptors (Lipinski definition) is 7. The van der Waals surface area contributed by atoms with Crippen molar-refractivity contribution >= 4 is 23.4 Å². The monoisotopic (exact) mass is 519 g/mol. The maximum Gasteiger partial charge on any atom is 0.255 e. The summed E-state index contributed by atoms with van der Waals surface area (Å²) >= 11 is 0. The second-order valence-electron chi connectivity index (χ2n) is 8.81. The summed E-state index contributed by atoms with van der Waals surface area (Å²) in [7, 11) is 0. The summed E-state index contributed by atoms with van der Waals surface area (Å²) in [5, 5.41) is 14.7. The highest BCUT2D eigenvalue weighted by atomic mass is 16.5. The molecule has 0 bridgehead atoms. The predicted molar refractivity (Wildman–Crippen MR) is 145 cm³/mol. The van der Waals surface area contributed by atoms with Crippen LogP contribution in [0.2, 0.25) is 0 Å². The lowest BCUT2D eigenvalue weighted by Crippen LogP contribution is -2.42. The summed E-state index contributed by atoms with van der Waals surface area (Å²) < 4.78 is 5.86. The molecule has 10 heteroatoms. The highest BCUT2D eigenvalue weighted by Crippen LogP contribution is 2.28. The molecule has 0 unspecified atom stereocenters. The van der Waals surface area contributed by atoms with Crippen LogP contribution in [0.4, 0.5) is 5.69 Å². The Kier molecular flexibility index (Phi) is 10.1. The van der Waals surface area contributed by atoms with Crippen molar-refractivity contribution in [3.05, 3.63) is 77.9 Å². The second-order valence-corrected chi connectivity index (χ2v) is 8.81. The summed E-state index contributed by atoms with van der Waals surface area (Å²) in [6, 6.07) is 18.3. The first kappa shape index (κ1) is 28.0. The van der Waals surface area contributed by atoms with Crippen LogP contribution in [-0.2, 0) is 16.0 Å². The lowest BCUT2D eigenvalue weighted by Gasteiger charge is -2.14. The van der Waals surface area contributed by atoms with Gasteiger partial charge in [0.25, 0.3) is 5.91 Å². The number of nitrogen functional groups attached to an aromatic ring is 1. The van der Waals surface area contributed by atoms with Gasteiger partial charge in [0.1, 0.15) is 11.5 Å². The van der Waals surface area contributed by atoms with E-state index < -0.39 is 17.9 Å². The van der Waals surface area contributed by atoms with Crippen molar-refractivity contribution in [3.8, 4) is 22.6 Å². The van der Waals surface area contributed by atoms with Crippen molar-refractivity contribution in [1.82, 2.24) is 10.6 Å². The summed E-state index contributed by atoms with van der Waals surface area (Å²) in [5.74, 6) is -0.883. The van der Waals surface area contributed by atoms with Crippen LogP contribution in [0.3, 0.4) is 0 Å². The summed E-state index contributed by atoms with van der Waals surface area (Å²) in [4.78, 5) is 36.1. The Bertz CT molecular complexity index is 1260. The van der Waals surface area contributed by atoms with Gasteiger partial charge in [-0.2, -0.15) is 0 Å². The lowest BCUT2D eigenvalue weighted by atomic mass is 10.0. The minimum absolute atomic E-state index is 0.157. The smallest absolute Gasteiger partial charge is 0.255 e. The standard InChI is InChI=1S/C28H33N5O5/c29-21-5-3-4-19(15-21)20-8-11-25(23(16-20)27(36)33-17-26(31)35)38-13-2-1-12-32-28(37)24(30)14-18-6-9-22(34)10-7-18/h3-11,15-16,24,34H,1-2,12-14,17,29-30H2,(H2,31,35)(H,32,37)(H,33,36)/t24-/m1/s1. The molecule has 1 atom stereocenters. The summed E-state index contributed by atoms with van der Waals surface area (Å²) in [6.07, 6.45) is 1.62. The zero-order chi connectivity index (χ0) is 27.5. The van der Waals surface area contributed by atoms with Gasteiger partial charge in [0.2, 0.25) is 11.8 Å². The van der Waals surface area contributed by atoms with Gasteiger partial charge < -0.3 is 37.7 Å². The maximum atomic E-state index is 12.7. The van der Waals surface area contributed by atoms with E-state index in [0.29, 0.717) is 43.9 Å². The number of amides is 3. The fourth-order valence-corrected chi connectivity index (χ4v) is 3.72. The molecule has 0 aliphatic carbocycles. The van der Waals surface area contributed by atoms with Gasteiger partial charge in [-0.3, -0.25) is 14.4 Å². The van der Waals surface area contributed by atoms with Crippen molar-refractivity contribution in [3.63, 3.8) is 0 Å². The molecule has 200 valence electrons. The van der Waals surface area contributed by atoms with Gasteiger partial charge in [0.15, 0.2) is 0 Å². The van der Waals surface area contributed by atoms with Crippen molar-refractivity contribution < 1.29 is 24.2 Å². The van der Waals surface area contributed by atoms with Crippen LogP contribution in [0.1, 0.15) is 28.8 Å². The third kappa shape index (κ3) is 8.52. The summed E-state index contributed by atoms with van der Waals surface area (Å²) in [6.45, 7) is 0.435. The lowest BCUT2D eigenvalue weighted by molar-refractivity contribution is -0.122. The number of benzene rings is 3. The van der Waals surface area contributed by atoms with Gasteiger partial charge in [-0.25, -0.2) is 0 Å². The molecule has 0 saturated carbocycles. The van der Waals surface area contributed by atoms with Crippen LogP contribution in [0.25, 0.3) is 11.1 Å². The Balaban J connectivity index is 1.52. The minimum Gasteiger partial charge on any atom is -0.508 e. The van der Waals surface area contributed by atoms with Gasteiger partial charge >= 0.3 is 0 Å². The number of carbonyl (C=O) groups is 3. The van der Waals surface area contributed by atoms with Crippen molar-refractivity contribution in [1.29, 1.82) is 0 Å². The average molecular weight is 520 g/mol. The first-order valence-electron chi connectivity index (χ1n) is 12.2. The van der Waals surface area contributed by atoms with Crippen LogP contribution in [0, 0.1) is 0 Å². The number of ether oxygens (including phenoxy) is 1. The molecule has 3 aromatic rings. The van der Waals surface area contributed by atoms with Crippen molar-refractivity contribution in [2.24, 2.45) is 11.5 Å². The topological polar surface area (TPSA) is 183 Å². The molecule has 3 rings (SSSR count). The van der Waals surface area contributed by atoms with E-state index in [0.717, 1.165) is 16.7 Å². The number of unbranched alkanes of at least 4 members (excludes halogenated alkanes) is 1. The Morgan fingerprint density at radius 1 is 0.921 bits per heavy atom. The van der Waals surface area contributed by atoms with Crippen molar-refractivity contribution in [2.45, 2.75) is 25.3 Å². The van der Waals surface area contributed by atoms with Crippen LogP contribution in [0.5, 0.6) is 11.5 Å². The minimum atomic E-state index is -0.698. The first-order valence-corrected chi connectivity index (χ1v) is 12.2. The van der Waals surface area contributed by atoms with E-state index in [4.69, 9.17) is 21.9 Å². The molecule has 3 amide bonds. The molecule has 0 heterocycles. The number of aromatic hydroxyl groups is 1. The van der Waals surface area contributed by atoms with E-state index in [1.165, 1.54) is 0 Å². The molecule has 0 fully saturated rings. The van der Waals surface area contributed by atoms with E-state index in [1.54, 1.807) is 48.5 Å². The van der Waals surface area contributed by atoms with E-state index >= 15 is 0 Å². The van der Waals surface area contributed by atoms with E-state index in [1.807, 2.05) is 18.2 Å². The number of anilines is 1. The molecule has 0 aromatic heterocycles. The van der Waals surface area contributed by atoms with E-state index in [9.17, 15) is 19.5 Å². The summed E-state index contributed by atoms with van der Waals surface area (Å²) in [5.41, 5.74) is 20.3. The predicted octanol–water partition coefficient (Wildman–Crippen LogP) is 1.70. The first-order chi connectivity index (χ1) is 18.2. The molecule has 38 heavy (non-hydrogen) atoms. The zero-order valence-electron chi connectivity index (χ0n) is 21.0. The molecular weight excluding hydrogens is 486 g/mol. The molecular formula is C28H33N5O5. The maximum absolute atomic E-state index is 12.7. The Morgan fingerprint density at radius 2 is 1.66 bits per heavy atom. The zero-order valence-corrected chi connectivity index (χ0v) is 21.0. The second kappa shape index (κ2) is 13.7. The van der Waals surface area contributed by atoms with E-state index in [-0.39, 0.29) is 23.8 Å². The fraction of sp³-hybridized carbons (Fsp3) is 0.250. The fourth-order valence-electron chi connectivity index (χ4n) is 3.72. The number of phenolic OH excluding ortho intramolecular Hbond substituents is 1. The molecule has 10 nitrogen and oxygen atoms in total. The molecule has 9 N–H and O–H groups in total. The van der Waals surface area contributed by atoms with Gasteiger partial charge in [-0.15, -0.1) is 0 Å². The van der Waals surface area contributed by atoms with Gasteiger partial charge in [-0.05, 0) is 72.4 Å². The third-order valence-corrected chi connectivity index (χ3v) is 5.72. The highest BCUT2D eigenvalue weighted by molar-refractivity contribution is 5.99. The largest absolute Gasteiger partial charge is 0.508 e. The SMILES string of the molecule is NC(=O)CNC(=O)c1cc(-c2cccc(N)c2)ccc1OCCCCNC(=O)[C@H](N)Cc1ccc(O)cc1. The van der Waals surface area contributed by atoms with Gasteiger partial charge in [-0.1, -0.05) is 30.3 Å². The Morgan fingerprint density at radius 3 is 2.37 bits per heavy atom. The third-order valence-electron chi connectivity index (χ3n) is 5.72.